The van der Waals surface area contributed by atoms with Gasteiger partial charge in [0.2, 0.25) is 5.91 Å². The first kappa shape index (κ1) is 17.0. The molecular weight excluding hydrogens is 316 g/mol. The molecule has 1 saturated heterocycles. The van der Waals surface area contributed by atoms with Crippen LogP contribution >= 0.6 is 0 Å². The van der Waals surface area contributed by atoms with Crippen molar-refractivity contribution in [1.82, 2.24) is 0 Å². The lowest BCUT2D eigenvalue weighted by molar-refractivity contribution is -0.122. The number of amides is 2. The van der Waals surface area contributed by atoms with Crippen molar-refractivity contribution in [3.8, 4) is 5.75 Å². The highest BCUT2D eigenvalue weighted by molar-refractivity contribution is 5.97. The molecule has 1 aliphatic heterocycles. The van der Waals surface area contributed by atoms with E-state index in [1.54, 1.807) is 11.8 Å². The summed E-state index contributed by atoms with van der Waals surface area (Å²) in [4.78, 5) is 26.2. The Morgan fingerprint density at radius 3 is 2.68 bits per heavy atom. The van der Waals surface area contributed by atoms with Gasteiger partial charge in [-0.15, -0.1) is 0 Å². The molecule has 0 aromatic heterocycles. The van der Waals surface area contributed by atoms with Gasteiger partial charge in [0.15, 0.2) is 6.10 Å². The molecule has 25 heavy (non-hydrogen) atoms. The van der Waals surface area contributed by atoms with Crippen molar-refractivity contribution in [2.24, 2.45) is 0 Å². The number of anilines is 2. The summed E-state index contributed by atoms with van der Waals surface area (Å²) in [6, 6.07) is 16.6. The van der Waals surface area contributed by atoms with Crippen molar-refractivity contribution in [2.45, 2.75) is 32.3 Å². The van der Waals surface area contributed by atoms with E-state index in [0.29, 0.717) is 17.9 Å². The summed E-state index contributed by atoms with van der Waals surface area (Å²) in [6.45, 7) is 2.43. The molecule has 1 fully saturated rings. The number of rotatable bonds is 5. The maximum Gasteiger partial charge on any atom is 0.265 e. The third-order valence-corrected chi connectivity index (χ3v) is 4.17. The molecule has 0 bridgehead atoms. The molecule has 1 atom stereocenters. The Bertz CT molecular complexity index is 746. The molecule has 0 saturated carbocycles. The molecule has 5 nitrogen and oxygen atoms in total. The van der Waals surface area contributed by atoms with Gasteiger partial charge in [-0.25, -0.2) is 0 Å². The van der Waals surface area contributed by atoms with E-state index in [1.165, 1.54) is 0 Å². The van der Waals surface area contributed by atoms with E-state index >= 15 is 0 Å². The Morgan fingerprint density at radius 2 is 1.92 bits per heavy atom. The second-order valence-corrected chi connectivity index (χ2v) is 6.12. The first-order valence-electron chi connectivity index (χ1n) is 8.56. The summed E-state index contributed by atoms with van der Waals surface area (Å²) >= 11 is 0. The van der Waals surface area contributed by atoms with Gasteiger partial charge in [0, 0.05) is 24.3 Å². The number of piperidine rings is 1. The Hall–Kier alpha value is -2.82. The SMILES string of the molecule is CC(Oc1ccccc1)C(=O)Nc1cccc(N2CCCCC2=O)c1. The molecule has 2 amide bonds. The van der Waals surface area contributed by atoms with Crippen LogP contribution in [0.1, 0.15) is 26.2 Å². The first-order chi connectivity index (χ1) is 12.1. The largest absolute Gasteiger partial charge is 0.481 e. The monoisotopic (exact) mass is 338 g/mol. The van der Waals surface area contributed by atoms with Crippen LogP contribution in [-0.2, 0) is 9.59 Å². The van der Waals surface area contributed by atoms with Gasteiger partial charge in [-0.2, -0.15) is 0 Å². The van der Waals surface area contributed by atoms with Gasteiger partial charge < -0.3 is 15.0 Å². The van der Waals surface area contributed by atoms with Crippen LogP contribution < -0.4 is 15.0 Å². The van der Waals surface area contributed by atoms with Crippen LogP contribution in [0.4, 0.5) is 11.4 Å². The van der Waals surface area contributed by atoms with Gasteiger partial charge in [0.1, 0.15) is 5.75 Å². The summed E-state index contributed by atoms with van der Waals surface area (Å²) < 4.78 is 5.64. The fourth-order valence-corrected chi connectivity index (χ4v) is 2.83. The molecule has 1 unspecified atom stereocenters. The predicted octanol–water partition coefficient (Wildman–Crippen LogP) is 3.61. The Balaban J connectivity index is 1.65. The standard InChI is InChI=1S/C20H22N2O3/c1-15(25-18-10-3-2-4-11-18)20(24)21-16-8-7-9-17(14-16)22-13-6-5-12-19(22)23/h2-4,7-11,14-15H,5-6,12-13H2,1H3,(H,21,24). The van der Waals surface area contributed by atoms with Crippen molar-refractivity contribution in [3.05, 3.63) is 54.6 Å². The molecule has 0 spiro atoms. The maximum absolute atomic E-state index is 12.4. The van der Waals surface area contributed by atoms with Crippen LogP contribution in [0.2, 0.25) is 0 Å². The Morgan fingerprint density at radius 1 is 1.12 bits per heavy atom. The van der Waals surface area contributed by atoms with Gasteiger partial charge in [-0.1, -0.05) is 24.3 Å². The normalized spacial score (nSPS) is 15.6. The van der Waals surface area contributed by atoms with E-state index in [0.717, 1.165) is 25.1 Å². The van der Waals surface area contributed by atoms with Crippen molar-refractivity contribution in [2.75, 3.05) is 16.8 Å². The summed E-state index contributed by atoms with van der Waals surface area (Å²) in [5.41, 5.74) is 1.48. The zero-order valence-corrected chi connectivity index (χ0v) is 14.3. The zero-order chi connectivity index (χ0) is 17.6. The summed E-state index contributed by atoms with van der Waals surface area (Å²) in [7, 11) is 0. The van der Waals surface area contributed by atoms with Crippen LogP contribution in [0.25, 0.3) is 0 Å². The number of para-hydroxylation sites is 1. The van der Waals surface area contributed by atoms with Crippen LogP contribution in [0.3, 0.4) is 0 Å². The molecule has 5 heteroatoms. The van der Waals surface area contributed by atoms with Gasteiger partial charge in [0.05, 0.1) is 0 Å². The average Bonchev–Trinajstić information content (AvgIpc) is 2.63. The van der Waals surface area contributed by atoms with Gasteiger partial charge in [0.25, 0.3) is 5.91 Å². The molecule has 3 rings (SSSR count). The van der Waals surface area contributed by atoms with E-state index < -0.39 is 6.10 Å². The summed E-state index contributed by atoms with van der Waals surface area (Å²) in [5.74, 6) is 0.555. The zero-order valence-electron chi connectivity index (χ0n) is 14.3. The number of nitrogens with one attached hydrogen (secondary N) is 1. The molecule has 1 heterocycles. The van der Waals surface area contributed by atoms with Gasteiger partial charge in [-0.05, 0) is 50.1 Å². The lowest BCUT2D eigenvalue weighted by Crippen LogP contribution is -2.35. The number of ether oxygens (including phenoxy) is 1. The molecular formula is C20H22N2O3. The molecule has 0 aliphatic carbocycles. The van der Waals surface area contributed by atoms with Crippen LogP contribution in [0.5, 0.6) is 5.75 Å². The third-order valence-electron chi connectivity index (χ3n) is 4.17. The minimum absolute atomic E-state index is 0.135. The minimum Gasteiger partial charge on any atom is -0.481 e. The minimum atomic E-state index is -0.623. The van der Waals surface area contributed by atoms with Gasteiger partial charge in [-0.3, -0.25) is 9.59 Å². The smallest absolute Gasteiger partial charge is 0.265 e. The molecule has 2 aromatic rings. The van der Waals surface area contributed by atoms with Crippen molar-refractivity contribution >= 4 is 23.2 Å². The maximum atomic E-state index is 12.4. The predicted molar refractivity (Wildman–Crippen MR) is 97.8 cm³/mol. The van der Waals surface area contributed by atoms with E-state index in [1.807, 2.05) is 54.6 Å². The van der Waals surface area contributed by atoms with Crippen molar-refractivity contribution < 1.29 is 14.3 Å². The fourth-order valence-electron chi connectivity index (χ4n) is 2.83. The summed E-state index contributed by atoms with van der Waals surface area (Å²) in [5, 5.41) is 2.85. The van der Waals surface area contributed by atoms with E-state index in [2.05, 4.69) is 5.32 Å². The fraction of sp³-hybridized carbons (Fsp3) is 0.300. The summed E-state index contributed by atoms with van der Waals surface area (Å²) in [6.07, 6.45) is 1.91. The third kappa shape index (κ3) is 4.38. The number of hydrogen-bond acceptors (Lipinski definition) is 3. The van der Waals surface area contributed by atoms with Gasteiger partial charge >= 0.3 is 0 Å². The van der Waals surface area contributed by atoms with Crippen LogP contribution in [0, 0.1) is 0 Å². The molecule has 1 aliphatic rings. The second kappa shape index (κ2) is 7.83. The van der Waals surface area contributed by atoms with E-state index in [9.17, 15) is 9.59 Å². The van der Waals surface area contributed by atoms with Crippen molar-refractivity contribution in [1.29, 1.82) is 0 Å². The number of hydrogen-bond donors (Lipinski definition) is 1. The van der Waals surface area contributed by atoms with Crippen molar-refractivity contribution in [3.63, 3.8) is 0 Å². The highest BCUT2D eigenvalue weighted by atomic mass is 16.5. The lowest BCUT2D eigenvalue weighted by atomic mass is 10.1. The topological polar surface area (TPSA) is 58.6 Å². The lowest BCUT2D eigenvalue weighted by Gasteiger charge is -2.27. The van der Waals surface area contributed by atoms with E-state index in [-0.39, 0.29) is 11.8 Å². The molecule has 0 radical (unpaired) electrons. The quantitative estimate of drug-likeness (QED) is 0.906. The Kier molecular flexibility index (Phi) is 5.33. The second-order valence-electron chi connectivity index (χ2n) is 6.12. The average molecular weight is 338 g/mol. The number of benzene rings is 2. The molecule has 2 aromatic carbocycles. The van der Waals surface area contributed by atoms with Crippen LogP contribution in [0.15, 0.2) is 54.6 Å². The molecule has 130 valence electrons. The Labute approximate surface area is 147 Å². The highest BCUT2D eigenvalue weighted by Gasteiger charge is 2.20. The van der Waals surface area contributed by atoms with E-state index in [4.69, 9.17) is 4.74 Å². The number of nitrogens with zero attached hydrogens (tertiary/aromatic N) is 1. The first-order valence-corrected chi connectivity index (χ1v) is 8.56. The van der Waals surface area contributed by atoms with Crippen LogP contribution in [-0.4, -0.2) is 24.5 Å². The number of carbonyl (C=O) groups is 2. The number of carbonyl (C=O) groups excluding carboxylic acids is 2. The highest BCUT2D eigenvalue weighted by Crippen LogP contribution is 2.24. The molecule has 1 N–H and O–H groups in total.